The van der Waals surface area contributed by atoms with Crippen LogP contribution in [0, 0.1) is 18.3 Å². The molecule has 132 valence electrons. The van der Waals surface area contributed by atoms with Crippen LogP contribution in [0.5, 0.6) is 0 Å². The van der Waals surface area contributed by atoms with Crippen molar-refractivity contribution in [2.45, 2.75) is 51.6 Å². The summed E-state index contributed by atoms with van der Waals surface area (Å²) in [6.45, 7) is 4.37. The van der Waals surface area contributed by atoms with Crippen molar-refractivity contribution in [3.05, 3.63) is 33.5 Å². The van der Waals surface area contributed by atoms with E-state index in [1.165, 1.54) is 0 Å². The number of benzene rings is 1. The zero-order chi connectivity index (χ0) is 18.2. The second-order valence-corrected chi connectivity index (χ2v) is 7.06. The number of carboxylic acids is 1. The molecule has 2 heterocycles. The minimum Gasteiger partial charge on any atom is -0.481 e. The number of aromatic nitrogens is 1. The van der Waals surface area contributed by atoms with Gasteiger partial charge in [0, 0.05) is 5.39 Å². The Hall–Kier alpha value is -2.03. The van der Waals surface area contributed by atoms with Crippen molar-refractivity contribution >= 4 is 28.5 Å². The molecule has 1 atom stereocenters. The number of fused-ring (bicyclic) bond motifs is 3. The molecule has 2 aromatic rings. The molecule has 0 amide bonds. The largest absolute Gasteiger partial charge is 0.481 e. The highest BCUT2D eigenvalue weighted by Gasteiger charge is 2.42. The Morgan fingerprint density at radius 1 is 1.56 bits per heavy atom. The average molecular weight is 361 g/mol. The van der Waals surface area contributed by atoms with Crippen LogP contribution in [0.4, 0.5) is 0 Å². The number of H-pyrrole nitrogens is 1. The van der Waals surface area contributed by atoms with Crippen molar-refractivity contribution in [1.82, 2.24) is 4.98 Å². The normalized spacial score (nSPS) is 19.6. The highest BCUT2D eigenvalue weighted by atomic mass is 35.5. The van der Waals surface area contributed by atoms with Crippen molar-refractivity contribution in [1.29, 1.82) is 5.26 Å². The van der Waals surface area contributed by atoms with Crippen LogP contribution in [0.1, 0.15) is 55.0 Å². The van der Waals surface area contributed by atoms with E-state index in [2.05, 4.69) is 18.0 Å². The maximum atomic E-state index is 11.5. The SMILES string of the molecule is CCCCC1(CC(=O)O)OCCc2c1[nH]c1c(Cl)cc(C)c(C#N)c21. The van der Waals surface area contributed by atoms with E-state index in [1.807, 2.05) is 6.92 Å². The van der Waals surface area contributed by atoms with Gasteiger partial charge in [0.15, 0.2) is 0 Å². The zero-order valence-electron chi connectivity index (χ0n) is 14.4. The number of hydrogen-bond donors (Lipinski definition) is 2. The van der Waals surface area contributed by atoms with E-state index < -0.39 is 11.6 Å². The minimum atomic E-state index is -0.898. The minimum absolute atomic E-state index is 0.106. The molecule has 0 spiro atoms. The van der Waals surface area contributed by atoms with E-state index in [1.54, 1.807) is 6.07 Å². The molecule has 1 aromatic heterocycles. The van der Waals surface area contributed by atoms with Gasteiger partial charge in [-0.05, 0) is 37.0 Å². The van der Waals surface area contributed by atoms with Crippen molar-refractivity contribution < 1.29 is 14.6 Å². The molecule has 1 unspecified atom stereocenters. The van der Waals surface area contributed by atoms with Gasteiger partial charge in [0.2, 0.25) is 0 Å². The van der Waals surface area contributed by atoms with Crippen LogP contribution in [0.3, 0.4) is 0 Å². The Bertz CT molecular complexity index is 881. The Morgan fingerprint density at radius 3 is 2.96 bits per heavy atom. The molecule has 1 aliphatic rings. The number of halogens is 1. The number of hydrogen-bond acceptors (Lipinski definition) is 3. The molecule has 5 nitrogen and oxygen atoms in total. The summed E-state index contributed by atoms with van der Waals surface area (Å²) in [7, 11) is 0. The highest BCUT2D eigenvalue weighted by molar-refractivity contribution is 6.35. The Kier molecular flexibility index (Phi) is 4.77. The van der Waals surface area contributed by atoms with Crippen LogP contribution < -0.4 is 0 Å². The van der Waals surface area contributed by atoms with Gasteiger partial charge in [0.1, 0.15) is 11.7 Å². The zero-order valence-corrected chi connectivity index (χ0v) is 15.2. The molecule has 25 heavy (non-hydrogen) atoms. The highest BCUT2D eigenvalue weighted by Crippen LogP contribution is 2.45. The number of carbonyl (C=O) groups is 1. The first-order chi connectivity index (χ1) is 11.9. The number of nitrogens with zero attached hydrogens (tertiary/aromatic N) is 1. The van der Waals surface area contributed by atoms with Crippen LogP contribution in [0.15, 0.2) is 6.07 Å². The van der Waals surface area contributed by atoms with Crippen LogP contribution in [0.25, 0.3) is 10.9 Å². The maximum absolute atomic E-state index is 11.5. The first kappa shape index (κ1) is 17.8. The number of nitrogens with one attached hydrogen (secondary N) is 1. The van der Waals surface area contributed by atoms with E-state index in [9.17, 15) is 15.2 Å². The van der Waals surface area contributed by atoms with Crippen molar-refractivity contribution in [2.24, 2.45) is 0 Å². The molecule has 0 bridgehead atoms. The number of carboxylic acid groups (broad SMARTS) is 1. The molecule has 0 fully saturated rings. The van der Waals surface area contributed by atoms with Gasteiger partial charge in [-0.2, -0.15) is 5.26 Å². The third kappa shape index (κ3) is 2.90. The number of aromatic amines is 1. The summed E-state index contributed by atoms with van der Waals surface area (Å²) >= 11 is 6.42. The summed E-state index contributed by atoms with van der Waals surface area (Å²) in [6, 6.07) is 4.05. The summed E-state index contributed by atoms with van der Waals surface area (Å²) in [4.78, 5) is 14.9. The van der Waals surface area contributed by atoms with E-state index in [0.29, 0.717) is 35.6 Å². The predicted octanol–water partition coefficient (Wildman–Crippen LogP) is 4.43. The van der Waals surface area contributed by atoms with Gasteiger partial charge in [-0.1, -0.05) is 31.4 Å². The average Bonchev–Trinajstić information content (AvgIpc) is 2.95. The number of unbranched alkanes of at least 4 members (excludes halogenated alkanes) is 1. The van der Waals surface area contributed by atoms with Gasteiger partial charge >= 0.3 is 5.97 Å². The van der Waals surface area contributed by atoms with Crippen LogP contribution in [-0.2, 0) is 21.6 Å². The number of aliphatic carboxylic acids is 1. The van der Waals surface area contributed by atoms with Crippen molar-refractivity contribution in [3.63, 3.8) is 0 Å². The second-order valence-electron chi connectivity index (χ2n) is 6.66. The molecule has 0 aliphatic carbocycles. The lowest BCUT2D eigenvalue weighted by Gasteiger charge is -2.36. The quantitative estimate of drug-likeness (QED) is 0.825. The van der Waals surface area contributed by atoms with Crippen LogP contribution in [-0.4, -0.2) is 22.7 Å². The third-order valence-electron chi connectivity index (χ3n) is 5.00. The Morgan fingerprint density at radius 2 is 2.32 bits per heavy atom. The number of rotatable bonds is 5. The summed E-state index contributed by atoms with van der Waals surface area (Å²) in [5.41, 5.74) is 2.97. The molecule has 3 rings (SSSR count). The van der Waals surface area contributed by atoms with Gasteiger partial charge in [-0.3, -0.25) is 4.79 Å². The molecule has 1 aromatic carbocycles. The summed E-state index contributed by atoms with van der Waals surface area (Å²) < 4.78 is 6.04. The van der Waals surface area contributed by atoms with E-state index in [4.69, 9.17) is 16.3 Å². The van der Waals surface area contributed by atoms with Crippen LogP contribution in [0.2, 0.25) is 5.02 Å². The molecule has 1 aliphatic heterocycles. The fraction of sp³-hybridized carbons (Fsp3) is 0.474. The standard InChI is InChI=1S/C19H21ClN2O3/c1-3-4-6-19(9-15(23)24)18-12(5-7-25-19)16-13(10-21)11(2)8-14(20)17(16)22-18/h8,22H,3-7,9H2,1-2H3,(H,23,24). The monoisotopic (exact) mass is 360 g/mol. The molecule has 2 N–H and O–H groups in total. The van der Waals surface area contributed by atoms with E-state index in [0.717, 1.165) is 35.0 Å². The Balaban J connectivity index is 2.30. The van der Waals surface area contributed by atoms with Gasteiger partial charge in [0.05, 0.1) is 34.8 Å². The Labute approximate surface area is 151 Å². The lowest BCUT2D eigenvalue weighted by Crippen LogP contribution is -2.38. The molecular weight excluding hydrogens is 340 g/mol. The topological polar surface area (TPSA) is 86.1 Å². The van der Waals surface area contributed by atoms with Gasteiger partial charge in [0.25, 0.3) is 0 Å². The molecule has 6 heteroatoms. The molecule has 0 saturated carbocycles. The summed E-state index contributed by atoms with van der Waals surface area (Å²) in [6.07, 6.45) is 2.96. The molecular formula is C19H21ClN2O3. The second kappa shape index (κ2) is 6.70. The fourth-order valence-corrected chi connectivity index (χ4v) is 4.17. The molecule has 0 saturated heterocycles. The first-order valence-corrected chi connectivity index (χ1v) is 8.91. The van der Waals surface area contributed by atoms with E-state index >= 15 is 0 Å². The van der Waals surface area contributed by atoms with Crippen molar-refractivity contribution in [2.75, 3.05) is 6.61 Å². The summed E-state index contributed by atoms with van der Waals surface area (Å²) in [5.74, 6) is -0.898. The van der Waals surface area contributed by atoms with Gasteiger partial charge < -0.3 is 14.8 Å². The summed E-state index contributed by atoms with van der Waals surface area (Å²) in [5, 5.41) is 20.4. The lowest BCUT2D eigenvalue weighted by molar-refractivity contribution is -0.149. The smallest absolute Gasteiger partial charge is 0.306 e. The first-order valence-electron chi connectivity index (χ1n) is 8.53. The third-order valence-corrected chi connectivity index (χ3v) is 5.30. The number of aryl methyl sites for hydroxylation is 1. The van der Waals surface area contributed by atoms with Gasteiger partial charge in [-0.25, -0.2) is 0 Å². The van der Waals surface area contributed by atoms with Crippen molar-refractivity contribution in [3.8, 4) is 6.07 Å². The lowest BCUT2D eigenvalue weighted by atomic mass is 9.83. The fourth-order valence-electron chi connectivity index (χ4n) is 3.86. The predicted molar refractivity (Wildman–Crippen MR) is 95.9 cm³/mol. The molecule has 0 radical (unpaired) electrons. The number of ether oxygens (including phenoxy) is 1. The van der Waals surface area contributed by atoms with Gasteiger partial charge in [-0.15, -0.1) is 0 Å². The van der Waals surface area contributed by atoms with E-state index in [-0.39, 0.29) is 6.42 Å². The maximum Gasteiger partial charge on any atom is 0.306 e. The number of nitriles is 1. The van der Waals surface area contributed by atoms with Crippen LogP contribution >= 0.6 is 11.6 Å².